The van der Waals surface area contributed by atoms with Crippen molar-refractivity contribution in [2.24, 2.45) is 7.05 Å². The first-order valence-corrected chi connectivity index (χ1v) is 4.34. The molecule has 0 radical (unpaired) electrons. The maximum absolute atomic E-state index is 10.7. The Hall–Kier alpha value is -1.65. The van der Waals surface area contributed by atoms with Gasteiger partial charge in [-0.1, -0.05) is 0 Å². The molecule has 1 aromatic rings. The molecule has 1 aromatic heterocycles. The van der Waals surface area contributed by atoms with Crippen LogP contribution in [0.2, 0.25) is 0 Å². The smallest absolute Gasteiger partial charge is 0.339 e. The van der Waals surface area contributed by atoms with Crippen LogP contribution in [-0.2, 0) is 18.3 Å². The summed E-state index contributed by atoms with van der Waals surface area (Å²) in [6.45, 7) is 0. The number of carboxylic acid groups (broad SMARTS) is 1. The normalized spacial score (nSPS) is 10.1. The molecule has 0 unspecified atom stereocenters. The van der Waals surface area contributed by atoms with Crippen LogP contribution >= 0.6 is 0 Å². The van der Waals surface area contributed by atoms with Crippen LogP contribution in [0.3, 0.4) is 0 Å². The molecule has 0 saturated heterocycles. The van der Waals surface area contributed by atoms with Crippen molar-refractivity contribution in [2.75, 3.05) is 0 Å². The van der Waals surface area contributed by atoms with Crippen molar-refractivity contribution in [3.8, 4) is 0 Å². The van der Waals surface area contributed by atoms with Crippen molar-refractivity contribution in [1.82, 2.24) is 9.78 Å². The molecule has 1 rings (SSSR count). The molecular weight excluding hydrogens is 184 g/mol. The number of aromatic carboxylic acids is 1. The van der Waals surface area contributed by atoms with Crippen LogP contribution in [0, 0.1) is 0 Å². The van der Waals surface area contributed by atoms with E-state index < -0.39 is 5.97 Å². The second kappa shape index (κ2) is 4.55. The van der Waals surface area contributed by atoms with Gasteiger partial charge in [-0.2, -0.15) is 5.10 Å². The predicted molar refractivity (Wildman–Crippen MR) is 49.2 cm³/mol. The van der Waals surface area contributed by atoms with Crippen molar-refractivity contribution >= 4 is 12.3 Å². The van der Waals surface area contributed by atoms with Crippen molar-refractivity contribution < 1.29 is 14.7 Å². The molecule has 0 aliphatic heterocycles. The van der Waals surface area contributed by atoms with E-state index in [2.05, 4.69) is 5.10 Å². The molecule has 0 spiro atoms. The lowest BCUT2D eigenvalue weighted by Gasteiger charge is -2.01. The molecule has 0 aliphatic rings. The van der Waals surface area contributed by atoms with Crippen LogP contribution in [0.25, 0.3) is 0 Å². The zero-order valence-electron chi connectivity index (χ0n) is 7.93. The largest absolute Gasteiger partial charge is 0.478 e. The molecule has 0 aliphatic carbocycles. The third-order valence-corrected chi connectivity index (χ3v) is 2.03. The Bertz CT molecular complexity index is 344. The Morgan fingerprint density at radius 3 is 3.00 bits per heavy atom. The number of hydrogen-bond acceptors (Lipinski definition) is 3. The van der Waals surface area contributed by atoms with Crippen LogP contribution in [0.4, 0.5) is 0 Å². The molecule has 1 heterocycles. The van der Waals surface area contributed by atoms with Gasteiger partial charge in [0.05, 0.1) is 11.9 Å². The predicted octanol–water partition coefficient (Wildman–Crippen LogP) is 0.640. The highest BCUT2D eigenvalue weighted by atomic mass is 16.4. The van der Waals surface area contributed by atoms with Crippen LogP contribution < -0.4 is 0 Å². The molecule has 1 N–H and O–H groups in total. The second-order valence-corrected chi connectivity index (χ2v) is 2.99. The first kappa shape index (κ1) is 10.4. The number of unbranched alkanes of at least 4 members (excludes halogenated alkanes) is 1. The van der Waals surface area contributed by atoms with Gasteiger partial charge in [0, 0.05) is 13.5 Å². The lowest BCUT2D eigenvalue weighted by atomic mass is 10.1. The first-order valence-electron chi connectivity index (χ1n) is 4.34. The van der Waals surface area contributed by atoms with E-state index in [-0.39, 0.29) is 5.56 Å². The summed E-state index contributed by atoms with van der Waals surface area (Å²) in [5.74, 6) is -0.973. The van der Waals surface area contributed by atoms with Crippen LogP contribution in [0.15, 0.2) is 6.20 Å². The highest BCUT2D eigenvalue weighted by Gasteiger charge is 2.13. The number of carbonyl (C=O) groups is 2. The van der Waals surface area contributed by atoms with Gasteiger partial charge in [-0.15, -0.1) is 0 Å². The van der Waals surface area contributed by atoms with Crippen molar-refractivity contribution in [2.45, 2.75) is 19.3 Å². The molecule has 0 atom stereocenters. The van der Waals surface area contributed by atoms with Gasteiger partial charge in [0.2, 0.25) is 0 Å². The summed E-state index contributed by atoms with van der Waals surface area (Å²) in [6.07, 6.45) is 3.83. The first-order chi connectivity index (χ1) is 6.66. The summed E-state index contributed by atoms with van der Waals surface area (Å²) >= 11 is 0. The average Bonchev–Trinajstić information content (AvgIpc) is 2.48. The van der Waals surface area contributed by atoms with Crippen LogP contribution in [-0.4, -0.2) is 27.1 Å². The molecule has 5 nitrogen and oxygen atoms in total. The van der Waals surface area contributed by atoms with E-state index in [1.165, 1.54) is 10.9 Å². The van der Waals surface area contributed by atoms with Gasteiger partial charge in [0.25, 0.3) is 0 Å². The van der Waals surface area contributed by atoms with Gasteiger partial charge in [-0.3, -0.25) is 4.68 Å². The monoisotopic (exact) mass is 196 g/mol. The fraction of sp³-hybridized carbons (Fsp3) is 0.444. The third-order valence-electron chi connectivity index (χ3n) is 2.03. The van der Waals surface area contributed by atoms with Gasteiger partial charge in [0.15, 0.2) is 0 Å². The van der Waals surface area contributed by atoms with E-state index in [1.54, 1.807) is 7.05 Å². The Balaban J connectivity index is 2.77. The number of aldehydes is 1. The van der Waals surface area contributed by atoms with E-state index in [4.69, 9.17) is 5.11 Å². The van der Waals surface area contributed by atoms with Gasteiger partial charge in [-0.25, -0.2) is 4.79 Å². The van der Waals surface area contributed by atoms with Crippen molar-refractivity contribution in [3.63, 3.8) is 0 Å². The number of nitrogens with zero attached hydrogens (tertiary/aromatic N) is 2. The minimum atomic E-state index is -0.973. The van der Waals surface area contributed by atoms with Crippen molar-refractivity contribution in [1.29, 1.82) is 0 Å². The minimum absolute atomic E-state index is 0.221. The van der Waals surface area contributed by atoms with E-state index in [0.717, 1.165) is 6.29 Å². The summed E-state index contributed by atoms with van der Waals surface area (Å²) in [7, 11) is 1.70. The lowest BCUT2D eigenvalue weighted by molar-refractivity contribution is -0.107. The molecule has 0 amide bonds. The Kier molecular flexibility index (Phi) is 3.39. The maximum atomic E-state index is 10.7. The molecule has 76 valence electrons. The number of rotatable bonds is 5. The molecule has 14 heavy (non-hydrogen) atoms. The number of aromatic nitrogens is 2. The molecule has 0 fully saturated rings. The Morgan fingerprint density at radius 2 is 2.43 bits per heavy atom. The second-order valence-electron chi connectivity index (χ2n) is 2.99. The topological polar surface area (TPSA) is 72.2 Å². The zero-order valence-corrected chi connectivity index (χ0v) is 7.93. The molecule has 0 aromatic carbocycles. The summed E-state index contributed by atoms with van der Waals surface area (Å²) in [6, 6.07) is 0. The number of aryl methyl sites for hydroxylation is 1. The zero-order chi connectivity index (χ0) is 10.6. The van der Waals surface area contributed by atoms with Gasteiger partial charge in [-0.05, 0) is 12.8 Å². The highest BCUT2D eigenvalue weighted by molar-refractivity contribution is 5.88. The van der Waals surface area contributed by atoms with Gasteiger partial charge >= 0.3 is 5.97 Å². The van der Waals surface area contributed by atoms with E-state index >= 15 is 0 Å². The van der Waals surface area contributed by atoms with Crippen molar-refractivity contribution in [3.05, 3.63) is 17.5 Å². The summed E-state index contributed by atoms with van der Waals surface area (Å²) in [5, 5.41) is 12.7. The molecule has 0 saturated carbocycles. The standard InChI is InChI=1S/C9H12N2O3/c1-11-8(4-2-3-5-12)7(6-10-11)9(13)14/h5-6H,2-4H2,1H3,(H,13,14). The summed E-state index contributed by atoms with van der Waals surface area (Å²) in [5.41, 5.74) is 0.887. The van der Waals surface area contributed by atoms with E-state index in [0.29, 0.717) is 25.0 Å². The third kappa shape index (κ3) is 2.18. The van der Waals surface area contributed by atoms with E-state index in [9.17, 15) is 9.59 Å². The SMILES string of the molecule is Cn1ncc(C(=O)O)c1CCCC=O. The Morgan fingerprint density at radius 1 is 1.71 bits per heavy atom. The van der Waals surface area contributed by atoms with Crippen LogP contribution in [0.1, 0.15) is 28.9 Å². The fourth-order valence-electron chi connectivity index (χ4n) is 1.29. The molecule has 5 heteroatoms. The molecular formula is C9H12N2O3. The Labute approximate surface area is 81.3 Å². The fourth-order valence-corrected chi connectivity index (χ4v) is 1.29. The van der Waals surface area contributed by atoms with E-state index in [1.807, 2.05) is 0 Å². The number of carbonyl (C=O) groups excluding carboxylic acids is 1. The van der Waals surface area contributed by atoms with Gasteiger partial charge in [0.1, 0.15) is 11.8 Å². The summed E-state index contributed by atoms with van der Waals surface area (Å²) < 4.78 is 1.54. The maximum Gasteiger partial charge on any atom is 0.339 e. The van der Waals surface area contributed by atoms with Crippen LogP contribution in [0.5, 0.6) is 0 Å². The quantitative estimate of drug-likeness (QED) is 0.554. The molecule has 0 bridgehead atoms. The minimum Gasteiger partial charge on any atom is -0.478 e. The number of hydrogen-bond donors (Lipinski definition) is 1. The number of carboxylic acids is 1. The summed E-state index contributed by atoms with van der Waals surface area (Å²) in [4.78, 5) is 20.8. The lowest BCUT2D eigenvalue weighted by Crippen LogP contribution is -2.05. The highest BCUT2D eigenvalue weighted by Crippen LogP contribution is 2.10. The average molecular weight is 196 g/mol. The van der Waals surface area contributed by atoms with Gasteiger partial charge < -0.3 is 9.90 Å².